The first kappa shape index (κ1) is 16.9. The van der Waals surface area contributed by atoms with E-state index in [1.807, 2.05) is 24.3 Å². The molecule has 1 aliphatic carbocycles. The second kappa shape index (κ2) is 7.00. The molecule has 0 radical (unpaired) electrons. The third-order valence-corrected chi connectivity index (χ3v) is 5.10. The van der Waals surface area contributed by atoms with Crippen molar-refractivity contribution in [2.45, 2.75) is 25.7 Å². The molecule has 0 fully saturated rings. The van der Waals surface area contributed by atoms with Crippen molar-refractivity contribution in [3.63, 3.8) is 0 Å². The zero-order valence-corrected chi connectivity index (χ0v) is 15.3. The molecule has 132 valence electrons. The third-order valence-electron chi connectivity index (χ3n) is 4.87. The average molecular weight is 367 g/mol. The maximum Gasteiger partial charge on any atom is 0.338 e. The molecule has 0 saturated carbocycles. The van der Waals surface area contributed by atoms with Crippen LogP contribution >= 0.6 is 11.6 Å². The SMILES string of the molecule is COC(=O)c1cc(Cl)ccc1CC1=CCCCc2c1oc1ccccc21. The van der Waals surface area contributed by atoms with Crippen LogP contribution in [-0.4, -0.2) is 13.1 Å². The van der Waals surface area contributed by atoms with E-state index in [0.29, 0.717) is 17.0 Å². The van der Waals surface area contributed by atoms with Gasteiger partial charge < -0.3 is 9.15 Å². The normalized spacial score (nSPS) is 13.8. The van der Waals surface area contributed by atoms with Crippen molar-refractivity contribution in [3.8, 4) is 0 Å². The number of para-hydroxylation sites is 1. The van der Waals surface area contributed by atoms with Crippen LogP contribution in [0.1, 0.15) is 40.1 Å². The lowest BCUT2D eigenvalue weighted by molar-refractivity contribution is 0.0599. The summed E-state index contributed by atoms with van der Waals surface area (Å²) in [7, 11) is 1.38. The van der Waals surface area contributed by atoms with Gasteiger partial charge in [0.15, 0.2) is 0 Å². The number of benzene rings is 2. The number of fused-ring (bicyclic) bond motifs is 3. The summed E-state index contributed by atoms with van der Waals surface area (Å²) in [6.45, 7) is 0. The lowest BCUT2D eigenvalue weighted by atomic mass is 9.96. The number of esters is 1. The van der Waals surface area contributed by atoms with E-state index in [1.165, 1.54) is 18.1 Å². The Morgan fingerprint density at radius 2 is 2.08 bits per heavy atom. The van der Waals surface area contributed by atoms with Gasteiger partial charge in [-0.1, -0.05) is 41.9 Å². The van der Waals surface area contributed by atoms with Crippen molar-refractivity contribution >= 4 is 34.1 Å². The highest BCUT2D eigenvalue weighted by Gasteiger charge is 2.21. The van der Waals surface area contributed by atoms with E-state index < -0.39 is 0 Å². The van der Waals surface area contributed by atoms with Gasteiger partial charge in [0.2, 0.25) is 0 Å². The summed E-state index contributed by atoms with van der Waals surface area (Å²) in [5.41, 5.74) is 4.68. The molecule has 0 unspecified atom stereocenters. The molecule has 0 aliphatic heterocycles. The summed E-state index contributed by atoms with van der Waals surface area (Å²) >= 11 is 6.08. The number of aryl methyl sites for hydroxylation is 1. The van der Waals surface area contributed by atoms with Gasteiger partial charge in [-0.25, -0.2) is 4.79 Å². The van der Waals surface area contributed by atoms with E-state index in [0.717, 1.165) is 41.7 Å². The molecule has 1 aromatic heterocycles. The van der Waals surface area contributed by atoms with Crippen molar-refractivity contribution in [1.82, 2.24) is 0 Å². The number of rotatable bonds is 3. The van der Waals surface area contributed by atoms with Crippen LogP contribution in [0.3, 0.4) is 0 Å². The Balaban J connectivity index is 1.79. The number of hydrogen-bond donors (Lipinski definition) is 0. The van der Waals surface area contributed by atoms with Gasteiger partial charge in [0.1, 0.15) is 11.3 Å². The van der Waals surface area contributed by atoms with Crippen LogP contribution in [0.2, 0.25) is 5.02 Å². The smallest absolute Gasteiger partial charge is 0.338 e. The second-order valence-corrected chi connectivity index (χ2v) is 6.93. The van der Waals surface area contributed by atoms with E-state index >= 15 is 0 Å². The largest absolute Gasteiger partial charge is 0.465 e. The van der Waals surface area contributed by atoms with Gasteiger partial charge in [0, 0.05) is 22.4 Å². The predicted molar refractivity (Wildman–Crippen MR) is 104 cm³/mol. The van der Waals surface area contributed by atoms with Crippen LogP contribution in [-0.2, 0) is 17.6 Å². The van der Waals surface area contributed by atoms with Crippen LogP contribution in [0.25, 0.3) is 16.5 Å². The molecule has 2 aromatic carbocycles. The fourth-order valence-electron chi connectivity index (χ4n) is 3.61. The first-order valence-corrected chi connectivity index (χ1v) is 9.11. The molecule has 4 rings (SSSR count). The molecule has 3 nitrogen and oxygen atoms in total. The zero-order valence-electron chi connectivity index (χ0n) is 14.5. The summed E-state index contributed by atoms with van der Waals surface area (Å²) in [5.74, 6) is 0.566. The number of methoxy groups -OCH3 is 1. The zero-order chi connectivity index (χ0) is 18.1. The monoisotopic (exact) mass is 366 g/mol. The van der Waals surface area contributed by atoms with Crippen molar-refractivity contribution in [3.05, 3.63) is 76.0 Å². The lowest BCUT2D eigenvalue weighted by Gasteiger charge is -2.10. The summed E-state index contributed by atoms with van der Waals surface area (Å²) < 4.78 is 11.1. The number of halogens is 1. The Hall–Kier alpha value is -2.52. The minimum atomic E-state index is -0.374. The molecule has 3 aromatic rings. The molecule has 0 N–H and O–H groups in total. The molecule has 4 heteroatoms. The van der Waals surface area contributed by atoms with Gasteiger partial charge in [-0.3, -0.25) is 0 Å². The number of allylic oxidation sites excluding steroid dienone is 2. The van der Waals surface area contributed by atoms with E-state index in [1.54, 1.807) is 12.1 Å². The molecule has 0 amide bonds. The Bertz CT molecular complexity index is 1010. The van der Waals surface area contributed by atoms with E-state index in [2.05, 4.69) is 12.1 Å². The van der Waals surface area contributed by atoms with Crippen molar-refractivity contribution < 1.29 is 13.9 Å². The van der Waals surface area contributed by atoms with E-state index in [9.17, 15) is 4.79 Å². The Morgan fingerprint density at radius 3 is 2.92 bits per heavy atom. The predicted octanol–water partition coefficient (Wildman–Crippen LogP) is 5.84. The molecule has 0 atom stereocenters. The van der Waals surface area contributed by atoms with Crippen LogP contribution < -0.4 is 0 Å². The number of furan rings is 1. The van der Waals surface area contributed by atoms with Crippen LogP contribution in [0.4, 0.5) is 0 Å². The highest BCUT2D eigenvalue weighted by atomic mass is 35.5. The number of carbonyl (C=O) groups is 1. The summed E-state index contributed by atoms with van der Waals surface area (Å²) in [6, 6.07) is 13.5. The van der Waals surface area contributed by atoms with Gasteiger partial charge in [-0.15, -0.1) is 0 Å². The van der Waals surface area contributed by atoms with Gasteiger partial charge in [-0.05, 0) is 48.6 Å². The highest BCUT2D eigenvalue weighted by Crippen LogP contribution is 2.36. The molecule has 1 heterocycles. The van der Waals surface area contributed by atoms with E-state index in [4.69, 9.17) is 20.8 Å². The topological polar surface area (TPSA) is 39.4 Å². The summed E-state index contributed by atoms with van der Waals surface area (Å²) in [5, 5.41) is 1.70. The number of ether oxygens (including phenoxy) is 1. The van der Waals surface area contributed by atoms with Crippen molar-refractivity contribution in [1.29, 1.82) is 0 Å². The molecular formula is C22H19ClO3. The number of carbonyl (C=O) groups excluding carboxylic acids is 1. The highest BCUT2D eigenvalue weighted by molar-refractivity contribution is 6.31. The molecular weight excluding hydrogens is 348 g/mol. The van der Waals surface area contributed by atoms with Crippen LogP contribution in [0.15, 0.2) is 53.0 Å². The maximum atomic E-state index is 12.2. The average Bonchev–Trinajstić information content (AvgIpc) is 2.92. The minimum Gasteiger partial charge on any atom is -0.465 e. The Morgan fingerprint density at radius 1 is 1.23 bits per heavy atom. The second-order valence-electron chi connectivity index (χ2n) is 6.50. The Labute approximate surface area is 157 Å². The van der Waals surface area contributed by atoms with Gasteiger partial charge >= 0.3 is 5.97 Å². The lowest BCUT2D eigenvalue weighted by Crippen LogP contribution is -2.06. The van der Waals surface area contributed by atoms with Crippen LogP contribution in [0.5, 0.6) is 0 Å². The van der Waals surface area contributed by atoms with Gasteiger partial charge in [0.05, 0.1) is 12.7 Å². The summed E-state index contributed by atoms with van der Waals surface area (Å²) in [4.78, 5) is 12.2. The van der Waals surface area contributed by atoms with Crippen molar-refractivity contribution in [2.24, 2.45) is 0 Å². The molecule has 0 spiro atoms. The van der Waals surface area contributed by atoms with E-state index in [-0.39, 0.29) is 5.97 Å². The Kier molecular flexibility index (Phi) is 4.56. The summed E-state index contributed by atoms with van der Waals surface area (Å²) in [6.07, 6.45) is 5.91. The maximum absolute atomic E-state index is 12.2. The van der Waals surface area contributed by atoms with Crippen LogP contribution in [0, 0.1) is 0 Å². The first-order valence-electron chi connectivity index (χ1n) is 8.74. The molecule has 26 heavy (non-hydrogen) atoms. The minimum absolute atomic E-state index is 0.374. The third kappa shape index (κ3) is 3.04. The fourth-order valence-corrected chi connectivity index (χ4v) is 3.79. The fraction of sp³-hybridized carbons (Fsp3) is 0.227. The van der Waals surface area contributed by atoms with Gasteiger partial charge in [-0.2, -0.15) is 0 Å². The first-order chi connectivity index (χ1) is 12.7. The number of hydrogen-bond acceptors (Lipinski definition) is 3. The molecule has 1 aliphatic rings. The van der Waals surface area contributed by atoms with Gasteiger partial charge in [0.25, 0.3) is 0 Å². The van der Waals surface area contributed by atoms with Crippen molar-refractivity contribution in [2.75, 3.05) is 7.11 Å². The molecule has 0 saturated heterocycles. The quantitative estimate of drug-likeness (QED) is 0.547. The molecule has 0 bridgehead atoms. The standard InChI is InChI=1S/C22H19ClO3/c1-25-22(24)19-13-16(23)11-10-14(19)12-15-6-2-3-8-18-17-7-4-5-9-20(17)26-21(15)18/h4-7,9-11,13H,2-3,8,12H2,1H3.